The third-order valence-corrected chi connectivity index (χ3v) is 3.80. The molecule has 2 aromatic carbocycles. The van der Waals surface area contributed by atoms with E-state index < -0.39 is 18.4 Å². The highest BCUT2D eigenvalue weighted by Crippen LogP contribution is 2.28. The number of ether oxygens (including phenoxy) is 2. The maximum absolute atomic E-state index is 12.2. The molecule has 0 spiro atoms. The molecule has 1 heterocycles. The minimum absolute atomic E-state index is 0.0693. The number of Topliss-reactive ketones (excluding diaryl/α,β-unsaturated/α-hetero) is 1. The molecule has 0 aliphatic carbocycles. The zero-order valence-electron chi connectivity index (χ0n) is 12.7. The summed E-state index contributed by atoms with van der Waals surface area (Å²) in [7, 11) is 0. The molecule has 1 aliphatic rings. The molecule has 0 fully saturated rings. The number of benzene rings is 2. The summed E-state index contributed by atoms with van der Waals surface area (Å²) < 4.78 is 10.2. The molecule has 1 N–H and O–H groups in total. The van der Waals surface area contributed by atoms with Gasteiger partial charge in [0, 0.05) is 15.6 Å². The molecular weight excluding hydrogens is 369 g/mol. The van der Waals surface area contributed by atoms with Gasteiger partial charge in [-0.2, -0.15) is 0 Å². The first-order valence-corrected chi connectivity index (χ1v) is 7.91. The number of hydrogen-bond donors (Lipinski definition) is 1. The van der Waals surface area contributed by atoms with Crippen molar-refractivity contribution in [1.29, 1.82) is 0 Å². The molecule has 0 aromatic heterocycles. The van der Waals surface area contributed by atoms with Gasteiger partial charge in [-0.1, -0.05) is 23.2 Å². The molecule has 25 heavy (non-hydrogen) atoms. The minimum Gasteiger partial charge on any atom is -0.482 e. The van der Waals surface area contributed by atoms with E-state index in [-0.39, 0.29) is 33.7 Å². The molecule has 8 heteroatoms. The third-order valence-electron chi connectivity index (χ3n) is 3.37. The Labute approximate surface area is 152 Å². The normalized spacial score (nSPS) is 12.6. The van der Waals surface area contributed by atoms with Crippen LogP contribution in [0.15, 0.2) is 36.4 Å². The standard InChI is InChI=1S/C17H11Cl2NO5/c18-11-3-10(4-12(19)6-11)17(23)25-7-14(21)9-1-2-15-13(5-9)20-16(22)8-24-15/h1-6H,7-8H2,(H,20,22). The summed E-state index contributed by atoms with van der Waals surface area (Å²) >= 11 is 11.7. The molecule has 0 atom stereocenters. The Morgan fingerprint density at radius 2 is 1.80 bits per heavy atom. The van der Waals surface area contributed by atoms with Crippen LogP contribution < -0.4 is 10.1 Å². The smallest absolute Gasteiger partial charge is 0.338 e. The van der Waals surface area contributed by atoms with Crippen molar-refractivity contribution in [1.82, 2.24) is 0 Å². The van der Waals surface area contributed by atoms with Crippen LogP contribution >= 0.6 is 23.2 Å². The largest absolute Gasteiger partial charge is 0.482 e. The molecule has 2 aromatic rings. The van der Waals surface area contributed by atoms with Crippen molar-refractivity contribution in [2.75, 3.05) is 18.5 Å². The van der Waals surface area contributed by atoms with Gasteiger partial charge in [-0.15, -0.1) is 0 Å². The number of carbonyl (C=O) groups excluding carboxylic acids is 3. The van der Waals surface area contributed by atoms with Gasteiger partial charge in [0.15, 0.2) is 19.0 Å². The summed E-state index contributed by atoms with van der Waals surface area (Å²) in [6.07, 6.45) is 0. The lowest BCUT2D eigenvalue weighted by molar-refractivity contribution is -0.118. The number of hydrogen-bond acceptors (Lipinski definition) is 5. The molecular formula is C17H11Cl2NO5. The molecule has 1 amide bonds. The lowest BCUT2D eigenvalue weighted by Crippen LogP contribution is -2.25. The lowest BCUT2D eigenvalue weighted by atomic mass is 10.1. The molecule has 0 unspecified atom stereocenters. The summed E-state index contributed by atoms with van der Waals surface area (Å²) in [6.45, 7) is -0.531. The summed E-state index contributed by atoms with van der Waals surface area (Å²) in [5, 5.41) is 3.18. The van der Waals surface area contributed by atoms with Crippen LogP contribution in [0.5, 0.6) is 5.75 Å². The van der Waals surface area contributed by atoms with Gasteiger partial charge in [0.2, 0.25) is 0 Å². The number of ketones is 1. The fraction of sp³-hybridized carbons (Fsp3) is 0.118. The van der Waals surface area contributed by atoms with Gasteiger partial charge in [0.1, 0.15) is 5.75 Å². The van der Waals surface area contributed by atoms with E-state index in [1.54, 1.807) is 6.07 Å². The van der Waals surface area contributed by atoms with E-state index in [4.69, 9.17) is 32.7 Å². The number of halogens is 2. The van der Waals surface area contributed by atoms with E-state index in [0.717, 1.165) is 0 Å². The molecule has 128 valence electrons. The van der Waals surface area contributed by atoms with Crippen LogP contribution in [0.25, 0.3) is 0 Å². The second kappa shape index (κ2) is 7.13. The maximum atomic E-state index is 12.2. The van der Waals surface area contributed by atoms with Gasteiger partial charge in [-0.05, 0) is 36.4 Å². The van der Waals surface area contributed by atoms with Gasteiger partial charge >= 0.3 is 5.97 Å². The van der Waals surface area contributed by atoms with Crippen molar-refractivity contribution in [3.63, 3.8) is 0 Å². The topological polar surface area (TPSA) is 81.7 Å². The van der Waals surface area contributed by atoms with Crippen molar-refractivity contribution in [2.45, 2.75) is 0 Å². The van der Waals surface area contributed by atoms with Crippen molar-refractivity contribution in [2.24, 2.45) is 0 Å². The SMILES string of the molecule is O=C1COc2ccc(C(=O)COC(=O)c3cc(Cl)cc(Cl)c3)cc2N1. The maximum Gasteiger partial charge on any atom is 0.338 e. The number of anilines is 1. The summed E-state index contributed by atoms with van der Waals surface area (Å²) in [6, 6.07) is 8.84. The minimum atomic E-state index is -0.715. The zero-order chi connectivity index (χ0) is 18.0. The van der Waals surface area contributed by atoms with Crippen LogP contribution in [-0.4, -0.2) is 30.9 Å². The van der Waals surface area contributed by atoms with Gasteiger partial charge in [-0.25, -0.2) is 4.79 Å². The number of nitrogens with one attached hydrogen (secondary N) is 1. The Kier molecular flexibility index (Phi) is 4.92. The van der Waals surface area contributed by atoms with Crippen LogP contribution in [-0.2, 0) is 9.53 Å². The van der Waals surface area contributed by atoms with Crippen LogP contribution in [0, 0.1) is 0 Å². The van der Waals surface area contributed by atoms with Crippen molar-refractivity contribution >= 4 is 46.5 Å². The second-order valence-corrected chi connectivity index (χ2v) is 6.08. The highest BCUT2D eigenvalue weighted by atomic mass is 35.5. The van der Waals surface area contributed by atoms with E-state index in [2.05, 4.69) is 5.32 Å². The van der Waals surface area contributed by atoms with E-state index in [1.807, 2.05) is 0 Å². The Balaban J connectivity index is 1.67. The number of esters is 1. The van der Waals surface area contributed by atoms with E-state index in [1.165, 1.54) is 30.3 Å². The number of fused-ring (bicyclic) bond motifs is 1. The second-order valence-electron chi connectivity index (χ2n) is 5.21. The first kappa shape index (κ1) is 17.3. The predicted octanol–water partition coefficient (Wildman–Crippen LogP) is 3.36. The average Bonchev–Trinajstić information content (AvgIpc) is 2.57. The van der Waals surface area contributed by atoms with Gasteiger partial charge < -0.3 is 14.8 Å². The first-order chi connectivity index (χ1) is 11.9. The van der Waals surface area contributed by atoms with Crippen molar-refractivity contribution in [3.8, 4) is 5.75 Å². The van der Waals surface area contributed by atoms with E-state index in [0.29, 0.717) is 11.4 Å². The van der Waals surface area contributed by atoms with Crippen LogP contribution in [0.1, 0.15) is 20.7 Å². The molecule has 0 saturated heterocycles. The third kappa shape index (κ3) is 4.10. The molecule has 6 nitrogen and oxygen atoms in total. The van der Waals surface area contributed by atoms with Crippen LogP contribution in [0.3, 0.4) is 0 Å². The first-order valence-electron chi connectivity index (χ1n) is 7.15. The van der Waals surface area contributed by atoms with Crippen molar-refractivity contribution < 1.29 is 23.9 Å². The molecule has 0 radical (unpaired) electrons. The highest BCUT2D eigenvalue weighted by Gasteiger charge is 2.19. The van der Waals surface area contributed by atoms with E-state index in [9.17, 15) is 14.4 Å². The fourth-order valence-corrected chi connectivity index (χ4v) is 2.75. The number of rotatable bonds is 4. The van der Waals surface area contributed by atoms with Crippen molar-refractivity contribution in [3.05, 3.63) is 57.6 Å². The van der Waals surface area contributed by atoms with E-state index >= 15 is 0 Å². The predicted molar refractivity (Wildman–Crippen MR) is 91.6 cm³/mol. The summed E-state index contributed by atoms with van der Waals surface area (Å²) in [4.78, 5) is 35.5. The molecule has 0 saturated carbocycles. The monoisotopic (exact) mass is 379 g/mol. The Morgan fingerprint density at radius 1 is 1.08 bits per heavy atom. The lowest BCUT2D eigenvalue weighted by Gasteiger charge is -2.18. The number of amides is 1. The van der Waals surface area contributed by atoms with Gasteiger partial charge in [0.25, 0.3) is 5.91 Å². The number of carbonyl (C=O) groups is 3. The fourth-order valence-electron chi connectivity index (χ4n) is 2.23. The Morgan fingerprint density at radius 3 is 2.52 bits per heavy atom. The quantitative estimate of drug-likeness (QED) is 0.650. The molecule has 0 bridgehead atoms. The Hall–Kier alpha value is -2.57. The highest BCUT2D eigenvalue weighted by molar-refractivity contribution is 6.35. The Bertz CT molecular complexity index is 861. The van der Waals surface area contributed by atoms with Crippen LogP contribution in [0.2, 0.25) is 10.0 Å². The van der Waals surface area contributed by atoms with Crippen LogP contribution in [0.4, 0.5) is 5.69 Å². The zero-order valence-corrected chi connectivity index (χ0v) is 14.2. The summed E-state index contributed by atoms with van der Waals surface area (Å²) in [5.74, 6) is -0.973. The molecule has 3 rings (SSSR count). The average molecular weight is 380 g/mol. The van der Waals surface area contributed by atoms with Gasteiger partial charge in [0.05, 0.1) is 11.3 Å². The summed E-state index contributed by atoms with van der Waals surface area (Å²) in [5.41, 5.74) is 0.827. The van der Waals surface area contributed by atoms with Gasteiger partial charge in [-0.3, -0.25) is 9.59 Å². The molecule has 1 aliphatic heterocycles.